The Kier molecular flexibility index (Phi) is 12.6. The number of halogens is 1. The second-order valence-electron chi connectivity index (χ2n) is 1.54. The third-order valence-corrected chi connectivity index (χ3v) is 0.712. The van der Waals surface area contributed by atoms with E-state index in [9.17, 15) is 9.59 Å². The van der Waals surface area contributed by atoms with Crippen LogP contribution in [0.25, 0.3) is 0 Å². The van der Waals surface area contributed by atoms with E-state index < -0.39 is 24.4 Å². The number of hydrogen-bond donors (Lipinski definition) is 3. The summed E-state index contributed by atoms with van der Waals surface area (Å²) >= 11 is 0. The molecule has 1 atom stereocenters. The quantitative estimate of drug-likeness (QED) is 0.509. The number of aliphatic carboxylic acids is 2. The Morgan fingerprint density at radius 1 is 1.45 bits per heavy atom. The van der Waals surface area contributed by atoms with Crippen LogP contribution in [0.5, 0.6) is 0 Å². The largest absolute Gasteiger partial charge is 2.00 e. The van der Waals surface area contributed by atoms with Crippen molar-refractivity contribution in [3.63, 3.8) is 0 Å². The SMILES string of the molecule is Cl.NC(CC(=O)O)C(=O)O.[H-].[H-].[Mg+2]. The van der Waals surface area contributed by atoms with Crippen molar-refractivity contribution in [3.8, 4) is 0 Å². The van der Waals surface area contributed by atoms with Gasteiger partial charge in [-0.15, -0.1) is 12.4 Å². The molecule has 0 bridgehead atoms. The summed E-state index contributed by atoms with van der Waals surface area (Å²) in [5, 5.41) is 16.0. The van der Waals surface area contributed by atoms with Crippen LogP contribution in [-0.4, -0.2) is 51.2 Å². The van der Waals surface area contributed by atoms with Gasteiger partial charge in [0.15, 0.2) is 0 Å². The van der Waals surface area contributed by atoms with Gasteiger partial charge in [-0.2, -0.15) is 0 Å². The summed E-state index contributed by atoms with van der Waals surface area (Å²) < 4.78 is 0. The molecule has 7 heteroatoms. The molecule has 0 saturated carbocycles. The van der Waals surface area contributed by atoms with E-state index in [1.165, 1.54) is 0 Å². The molecule has 0 radical (unpaired) electrons. The van der Waals surface area contributed by atoms with Crippen molar-refractivity contribution < 1.29 is 22.7 Å². The van der Waals surface area contributed by atoms with E-state index in [4.69, 9.17) is 15.9 Å². The Bertz CT molecular complexity index is 150. The summed E-state index contributed by atoms with van der Waals surface area (Å²) in [6.45, 7) is 0. The molecule has 0 aromatic rings. The maximum atomic E-state index is 9.85. The molecule has 4 N–H and O–H groups in total. The molecule has 1 unspecified atom stereocenters. The molecule has 0 heterocycles. The normalized spacial score (nSPS) is 10.3. The van der Waals surface area contributed by atoms with Crippen LogP contribution in [0.4, 0.5) is 0 Å². The van der Waals surface area contributed by atoms with Crippen LogP contribution in [0.1, 0.15) is 9.27 Å². The maximum Gasteiger partial charge on any atom is 2.00 e. The van der Waals surface area contributed by atoms with Crippen LogP contribution in [0, 0.1) is 0 Å². The monoisotopic (exact) mass is 195 g/mol. The third-order valence-electron chi connectivity index (χ3n) is 0.712. The van der Waals surface area contributed by atoms with E-state index in [0.717, 1.165) is 0 Å². The minimum absolute atomic E-state index is 0. The van der Waals surface area contributed by atoms with Crippen molar-refractivity contribution in [2.45, 2.75) is 12.5 Å². The molecule has 0 spiro atoms. The Morgan fingerprint density at radius 2 is 1.82 bits per heavy atom. The van der Waals surface area contributed by atoms with Crippen LogP contribution < -0.4 is 5.73 Å². The van der Waals surface area contributed by atoms with Gasteiger partial charge in [-0.3, -0.25) is 9.59 Å². The first-order valence-electron chi connectivity index (χ1n) is 2.24. The Hall–Kier alpha value is -0.0438. The Labute approximate surface area is 88.5 Å². The van der Waals surface area contributed by atoms with Gasteiger partial charge in [-0.05, 0) is 0 Å². The number of carboxylic acid groups (broad SMARTS) is 2. The minimum atomic E-state index is -1.29. The molecule has 0 aromatic carbocycles. The minimum Gasteiger partial charge on any atom is -1.00 e. The molecule has 0 rings (SSSR count). The van der Waals surface area contributed by atoms with Crippen molar-refractivity contribution in [1.29, 1.82) is 0 Å². The number of nitrogens with two attached hydrogens (primary N) is 1. The molecule has 0 aliphatic carbocycles. The van der Waals surface area contributed by atoms with Crippen molar-refractivity contribution in [3.05, 3.63) is 0 Å². The standard InChI is InChI=1S/C4H7NO4.ClH.Mg.2H/c5-2(4(8)9)1-3(6)7;;;;/h2H,1,5H2,(H,6,7)(H,8,9);1H;;;/q;;+2;2*-1. The van der Waals surface area contributed by atoms with Gasteiger partial charge in [0.25, 0.3) is 0 Å². The summed E-state index contributed by atoms with van der Waals surface area (Å²) in [6.07, 6.45) is -0.532. The number of carboxylic acids is 2. The third kappa shape index (κ3) is 9.96. The smallest absolute Gasteiger partial charge is 1.00 e. The zero-order valence-electron chi connectivity index (χ0n) is 7.69. The first-order chi connectivity index (χ1) is 4.04. The van der Waals surface area contributed by atoms with Gasteiger partial charge < -0.3 is 18.8 Å². The summed E-state index contributed by atoms with van der Waals surface area (Å²) in [4.78, 5) is 19.6. The van der Waals surface area contributed by atoms with Gasteiger partial charge in [0, 0.05) is 0 Å². The van der Waals surface area contributed by atoms with Gasteiger partial charge in [0.1, 0.15) is 6.04 Å². The van der Waals surface area contributed by atoms with Gasteiger partial charge in [0.05, 0.1) is 6.42 Å². The van der Waals surface area contributed by atoms with Crippen LogP contribution in [0.15, 0.2) is 0 Å². The summed E-state index contributed by atoms with van der Waals surface area (Å²) in [7, 11) is 0. The molecule has 0 saturated heterocycles. The first kappa shape index (κ1) is 17.2. The van der Waals surface area contributed by atoms with Gasteiger partial charge in [0.2, 0.25) is 0 Å². The number of hydrogen-bond acceptors (Lipinski definition) is 3. The summed E-state index contributed by atoms with van der Waals surface area (Å²) in [5.41, 5.74) is 4.84. The molecule has 0 aromatic heterocycles. The number of carbonyl (C=O) groups is 2. The van der Waals surface area contributed by atoms with Crippen LogP contribution in [0.2, 0.25) is 0 Å². The predicted molar refractivity (Wildman–Crippen MR) is 43.1 cm³/mol. The Morgan fingerprint density at radius 3 is 1.91 bits per heavy atom. The summed E-state index contributed by atoms with van der Waals surface area (Å²) in [5.74, 6) is -2.50. The fourth-order valence-corrected chi connectivity index (χ4v) is 0.275. The predicted octanol–water partition coefficient (Wildman–Crippen LogP) is -0.861. The van der Waals surface area contributed by atoms with E-state index in [2.05, 4.69) is 0 Å². The molecule has 0 amide bonds. The Balaban J connectivity index is -0.0000000533. The number of rotatable bonds is 3. The molecular formula is C4H10ClMgNO4. The zero-order chi connectivity index (χ0) is 7.44. The molecule has 0 aliphatic heterocycles. The van der Waals surface area contributed by atoms with E-state index in [1.807, 2.05) is 0 Å². The zero-order valence-corrected chi connectivity index (χ0v) is 7.92. The van der Waals surface area contributed by atoms with Gasteiger partial charge >= 0.3 is 35.0 Å². The molecule has 0 aliphatic rings. The average Bonchev–Trinajstić information content (AvgIpc) is 1.63. The fraction of sp³-hybridized carbons (Fsp3) is 0.500. The van der Waals surface area contributed by atoms with Gasteiger partial charge in [-0.25, -0.2) is 0 Å². The molecule has 0 fully saturated rings. The first-order valence-corrected chi connectivity index (χ1v) is 2.24. The summed E-state index contributed by atoms with van der Waals surface area (Å²) in [6, 6.07) is -1.29. The van der Waals surface area contributed by atoms with E-state index in [-0.39, 0.29) is 38.3 Å². The topological polar surface area (TPSA) is 101 Å². The van der Waals surface area contributed by atoms with Crippen molar-refractivity contribution >= 4 is 47.4 Å². The second-order valence-corrected chi connectivity index (χ2v) is 1.54. The van der Waals surface area contributed by atoms with Crippen molar-refractivity contribution in [2.75, 3.05) is 0 Å². The van der Waals surface area contributed by atoms with Crippen LogP contribution in [-0.2, 0) is 9.59 Å². The van der Waals surface area contributed by atoms with Crippen molar-refractivity contribution in [1.82, 2.24) is 0 Å². The van der Waals surface area contributed by atoms with Gasteiger partial charge in [-0.1, -0.05) is 0 Å². The van der Waals surface area contributed by atoms with E-state index >= 15 is 0 Å². The molecule has 64 valence electrons. The fourth-order valence-electron chi connectivity index (χ4n) is 0.275. The molecule has 5 nitrogen and oxygen atoms in total. The van der Waals surface area contributed by atoms with Crippen LogP contribution >= 0.6 is 12.4 Å². The average molecular weight is 196 g/mol. The molecule has 11 heavy (non-hydrogen) atoms. The van der Waals surface area contributed by atoms with Crippen molar-refractivity contribution in [2.24, 2.45) is 5.73 Å². The molecular weight excluding hydrogens is 186 g/mol. The maximum absolute atomic E-state index is 9.85. The van der Waals surface area contributed by atoms with Crippen LogP contribution in [0.3, 0.4) is 0 Å². The van der Waals surface area contributed by atoms with E-state index in [1.54, 1.807) is 0 Å². The van der Waals surface area contributed by atoms with E-state index in [0.29, 0.717) is 0 Å². The second kappa shape index (κ2) is 8.06.